The molecule has 0 radical (unpaired) electrons. The van der Waals surface area contributed by atoms with Crippen LogP contribution in [0.5, 0.6) is 0 Å². The number of ether oxygens (including phenoxy) is 2. The van der Waals surface area contributed by atoms with Crippen LogP contribution in [0.2, 0.25) is 0 Å². The number of methoxy groups -OCH3 is 2. The smallest absolute Gasteiger partial charge is 0.377 e. The molecule has 1 aromatic heterocycles. The van der Waals surface area contributed by atoms with Gasteiger partial charge in [-0.25, -0.2) is 9.59 Å². The maximum atomic E-state index is 11.0. The molecule has 13 heavy (non-hydrogen) atoms. The van der Waals surface area contributed by atoms with Crippen molar-refractivity contribution in [3.8, 4) is 0 Å². The van der Waals surface area contributed by atoms with Crippen molar-refractivity contribution < 1.29 is 23.6 Å². The maximum absolute atomic E-state index is 11.0. The molecule has 1 rings (SSSR count). The van der Waals surface area contributed by atoms with Crippen LogP contribution in [-0.2, 0) is 9.47 Å². The Morgan fingerprint density at radius 1 is 1.31 bits per heavy atom. The second kappa shape index (κ2) is 3.70. The van der Waals surface area contributed by atoms with Gasteiger partial charge in [0.15, 0.2) is 0 Å². The third-order valence-electron chi connectivity index (χ3n) is 1.35. The zero-order chi connectivity index (χ0) is 9.84. The van der Waals surface area contributed by atoms with Crippen LogP contribution < -0.4 is 0 Å². The maximum Gasteiger partial charge on any atom is 0.377 e. The quantitative estimate of drug-likeness (QED) is 0.614. The van der Waals surface area contributed by atoms with Crippen LogP contribution in [0.15, 0.2) is 10.7 Å². The summed E-state index contributed by atoms with van der Waals surface area (Å²) in [5.41, 5.74) is -0.0469. The molecule has 0 fully saturated rings. The second-order valence-corrected chi connectivity index (χ2v) is 2.05. The lowest BCUT2D eigenvalue weighted by Crippen LogP contribution is -2.08. The highest BCUT2D eigenvalue weighted by Crippen LogP contribution is 2.10. The molecule has 0 atom stereocenters. The van der Waals surface area contributed by atoms with Gasteiger partial charge in [-0.1, -0.05) is 5.16 Å². The minimum Gasteiger partial charge on any atom is -0.465 e. The van der Waals surface area contributed by atoms with E-state index in [9.17, 15) is 9.59 Å². The molecule has 0 amide bonds. The van der Waals surface area contributed by atoms with E-state index in [4.69, 9.17) is 0 Å². The zero-order valence-corrected chi connectivity index (χ0v) is 7.07. The Morgan fingerprint density at radius 3 is 2.46 bits per heavy atom. The molecule has 0 aromatic carbocycles. The molecule has 6 heteroatoms. The summed E-state index contributed by atoms with van der Waals surface area (Å²) in [6.07, 6.45) is 1.10. The molecule has 0 saturated heterocycles. The van der Waals surface area contributed by atoms with Crippen LogP contribution in [0.4, 0.5) is 0 Å². The minimum atomic E-state index is -0.766. The van der Waals surface area contributed by atoms with Crippen molar-refractivity contribution in [1.29, 1.82) is 0 Å². The highest BCUT2D eigenvalue weighted by molar-refractivity contribution is 6.00. The Hall–Kier alpha value is -1.85. The predicted molar refractivity (Wildman–Crippen MR) is 39.2 cm³/mol. The molecule has 0 unspecified atom stereocenters. The van der Waals surface area contributed by atoms with Gasteiger partial charge in [0.05, 0.1) is 20.4 Å². The number of carbonyl (C=O) groups excluding carboxylic acids is 2. The van der Waals surface area contributed by atoms with Crippen molar-refractivity contribution in [2.24, 2.45) is 0 Å². The number of hydrogen-bond acceptors (Lipinski definition) is 6. The highest BCUT2D eigenvalue weighted by Gasteiger charge is 2.23. The van der Waals surface area contributed by atoms with Gasteiger partial charge in [-0.15, -0.1) is 0 Å². The van der Waals surface area contributed by atoms with E-state index in [1.165, 1.54) is 14.2 Å². The number of rotatable bonds is 2. The van der Waals surface area contributed by atoms with Crippen LogP contribution in [-0.4, -0.2) is 31.3 Å². The summed E-state index contributed by atoms with van der Waals surface area (Å²) >= 11 is 0. The number of aromatic nitrogens is 1. The van der Waals surface area contributed by atoms with Crippen LogP contribution in [0, 0.1) is 0 Å². The Morgan fingerprint density at radius 2 is 1.92 bits per heavy atom. The Bertz CT molecular complexity index is 299. The summed E-state index contributed by atoms with van der Waals surface area (Å²) in [5.74, 6) is -1.71. The molecule has 0 spiro atoms. The second-order valence-electron chi connectivity index (χ2n) is 2.05. The monoisotopic (exact) mass is 185 g/mol. The molecular formula is C7H7NO5. The van der Waals surface area contributed by atoms with Gasteiger partial charge in [-0.3, -0.25) is 0 Å². The first kappa shape index (κ1) is 9.24. The standard InChI is InChI=1S/C7H7NO5/c1-11-6(9)4-3-8-13-5(4)7(10)12-2/h3H,1-2H3. The largest absolute Gasteiger partial charge is 0.465 e. The van der Waals surface area contributed by atoms with Crippen LogP contribution in [0.25, 0.3) is 0 Å². The zero-order valence-electron chi connectivity index (χ0n) is 7.07. The average molecular weight is 185 g/mol. The molecule has 0 saturated carbocycles. The molecule has 1 heterocycles. The summed E-state index contributed by atoms with van der Waals surface area (Å²) in [4.78, 5) is 21.9. The van der Waals surface area contributed by atoms with Crippen LogP contribution >= 0.6 is 0 Å². The van der Waals surface area contributed by atoms with Crippen LogP contribution in [0.3, 0.4) is 0 Å². The number of carbonyl (C=O) groups is 2. The normalized spacial score (nSPS) is 9.38. The van der Waals surface area contributed by atoms with E-state index in [-0.39, 0.29) is 11.3 Å². The number of hydrogen-bond donors (Lipinski definition) is 0. The van der Waals surface area contributed by atoms with Gasteiger partial charge in [0.25, 0.3) is 5.76 Å². The molecule has 1 aromatic rings. The Kier molecular flexibility index (Phi) is 2.63. The first-order valence-corrected chi connectivity index (χ1v) is 3.32. The van der Waals surface area contributed by atoms with Crippen LogP contribution in [0.1, 0.15) is 20.9 Å². The summed E-state index contributed by atoms with van der Waals surface area (Å²) in [5, 5.41) is 3.28. The van der Waals surface area contributed by atoms with E-state index in [2.05, 4.69) is 19.2 Å². The van der Waals surface area contributed by atoms with Crippen molar-refractivity contribution in [1.82, 2.24) is 5.16 Å². The fourth-order valence-corrected chi connectivity index (χ4v) is 0.735. The predicted octanol–water partition coefficient (Wildman–Crippen LogP) is 0.248. The molecule has 70 valence electrons. The molecule has 0 bridgehead atoms. The topological polar surface area (TPSA) is 78.6 Å². The first-order chi connectivity index (χ1) is 6.20. The average Bonchev–Trinajstić information content (AvgIpc) is 2.63. The number of nitrogens with zero attached hydrogens (tertiary/aromatic N) is 1. The van der Waals surface area contributed by atoms with Crippen molar-refractivity contribution >= 4 is 11.9 Å². The number of esters is 2. The summed E-state index contributed by atoms with van der Waals surface area (Å²) in [6.45, 7) is 0. The molecule has 0 aliphatic heterocycles. The van der Waals surface area contributed by atoms with Gasteiger partial charge in [0.2, 0.25) is 0 Å². The van der Waals surface area contributed by atoms with Crippen molar-refractivity contribution in [2.75, 3.05) is 14.2 Å². The Labute approximate surface area is 73.4 Å². The molecule has 0 aliphatic rings. The van der Waals surface area contributed by atoms with E-state index in [1.54, 1.807) is 0 Å². The van der Waals surface area contributed by atoms with Gasteiger partial charge >= 0.3 is 11.9 Å². The summed E-state index contributed by atoms with van der Waals surface area (Å²) in [6, 6.07) is 0. The van der Waals surface area contributed by atoms with Gasteiger partial charge in [0, 0.05) is 0 Å². The Balaban J connectivity index is 3.02. The third kappa shape index (κ3) is 1.66. The summed E-state index contributed by atoms with van der Waals surface area (Å²) in [7, 11) is 2.36. The summed E-state index contributed by atoms with van der Waals surface area (Å²) < 4.78 is 13.2. The molecule has 0 N–H and O–H groups in total. The van der Waals surface area contributed by atoms with E-state index >= 15 is 0 Å². The fraction of sp³-hybridized carbons (Fsp3) is 0.286. The minimum absolute atomic E-state index is 0.0469. The molecule has 0 aliphatic carbocycles. The van der Waals surface area contributed by atoms with Crippen molar-refractivity contribution in [3.63, 3.8) is 0 Å². The first-order valence-electron chi connectivity index (χ1n) is 3.32. The van der Waals surface area contributed by atoms with E-state index in [1.807, 2.05) is 0 Å². The van der Waals surface area contributed by atoms with E-state index in [0.717, 1.165) is 6.20 Å². The fourth-order valence-electron chi connectivity index (χ4n) is 0.735. The lowest BCUT2D eigenvalue weighted by Gasteiger charge is -1.96. The highest BCUT2D eigenvalue weighted by atomic mass is 16.6. The lowest BCUT2D eigenvalue weighted by atomic mass is 10.2. The van der Waals surface area contributed by atoms with E-state index < -0.39 is 11.9 Å². The third-order valence-corrected chi connectivity index (χ3v) is 1.35. The van der Waals surface area contributed by atoms with Gasteiger partial charge in [-0.05, 0) is 0 Å². The molecular weight excluding hydrogens is 178 g/mol. The van der Waals surface area contributed by atoms with Gasteiger partial charge in [0.1, 0.15) is 5.56 Å². The van der Waals surface area contributed by atoms with Gasteiger partial charge < -0.3 is 14.0 Å². The SMILES string of the molecule is COC(=O)c1cnoc1C(=O)OC. The van der Waals surface area contributed by atoms with Crippen molar-refractivity contribution in [2.45, 2.75) is 0 Å². The lowest BCUT2D eigenvalue weighted by molar-refractivity contribution is 0.0521. The van der Waals surface area contributed by atoms with Gasteiger partial charge in [-0.2, -0.15) is 0 Å². The van der Waals surface area contributed by atoms with Crippen molar-refractivity contribution in [3.05, 3.63) is 17.5 Å². The van der Waals surface area contributed by atoms with E-state index in [0.29, 0.717) is 0 Å². The molecule has 6 nitrogen and oxygen atoms in total.